The predicted molar refractivity (Wildman–Crippen MR) is 82.3 cm³/mol. The molecular formula is C16H19NO4. The van der Waals surface area contributed by atoms with Crippen molar-refractivity contribution in [2.24, 2.45) is 7.05 Å². The smallest absolute Gasteiger partial charge is 0.297 e. The molecule has 0 bridgehead atoms. The summed E-state index contributed by atoms with van der Waals surface area (Å²) in [5, 5.41) is 10.3. The molecule has 0 fully saturated rings. The van der Waals surface area contributed by atoms with Crippen LogP contribution in [-0.2, 0) is 7.05 Å². The molecule has 0 saturated carbocycles. The molecule has 0 spiro atoms. The van der Waals surface area contributed by atoms with Gasteiger partial charge in [0.15, 0.2) is 5.75 Å². The Bertz CT molecular complexity index is 755. The van der Waals surface area contributed by atoms with Crippen molar-refractivity contribution in [3.8, 4) is 17.2 Å². The van der Waals surface area contributed by atoms with Crippen molar-refractivity contribution in [2.45, 2.75) is 13.8 Å². The number of aryl methyl sites for hydroxylation is 1. The number of pyridine rings is 1. The van der Waals surface area contributed by atoms with E-state index < -0.39 is 0 Å². The number of hydrogen-bond donors (Lipinski definition) is 1. The lowest BCUT2D eigenvalue weighted by Gasteiger charge is -2.14. The average molecular weight is 289 g/mol. The Hall–Kier alpha value is -2.43. The number of methoxy groups -OCH3 is 1. The number of phenolic OH excluding ortho intramolecular Hbond substituents is 1. The lowest BCUT2D eigenvalue weighted by molar-refractivity contribution is 0.321. The van der Waals surface area contributed by atoms with Gasteiger partial charge in [-0.15, -0.1) is 0 Å². The fourth-order valence-electron chi connectivity index (χ4n) is 2.09. The van der Waals surface area contributed by atoms with Gasteiger partial charge in [0.05, 0.1) is 12.6 Å². The summed E-state index contributed by atoms with van der Waals surface area (Å²) >= 11 is 0. The number of phenols is 1. The third-order valence-corrected chi connectivity index (χ3v) is 3.22. The number of nitrogens with zero attached hydrogens (tertiary/aromatic N) is 1. The van der Waals surface area contributed by atoms with Crippen LogP contribution in [0.3, 0.4) is 0 Å². The summed E-state index contributed by atoms with van der Waals surface area (Å²) in [5.74, 6) is 0.656. The maximum Gasteiger partial charge on any atom is 0.297 e. The van der Waals surface area contributed by atoms with E-state index in [9.17, 15) is 9.90 Å². The Morgan fingerprint density at radius 1 is 1.33 bits per heavy atom. The van der Waals surface area contributed by atoms with E-state index in [1.54, 1.807) is 19.2 Å². The second-order valence-electron chi connectivity index (χ2n) is 5.02. The first kappa shape index (κ1) is 15.0. The molecule has 5 heteroatoms. The molecule has 112 valence electrons. The number of allylic oxidation sites excluding steroid dienone is 1. The number of ether oxygens (including phenoxy) is 2. The minimum atomic E-state index is -0.299. The molecule has 0 radical (unpaired) electrons. The Kier molecular flexibility index (Phi) is 4.21. The zero-order valence-electron chi connectivity index (χ0n) is 12.6. The minimum Gasteiger partial charge on any atom is -0.508 e. The first-order valence-corrected chi connectivity index (χ1v) is 6.61. The molecule has 1 aromatic heterocycles. The monoisotopic (exact) mass is 289 g/mol. The van der Waals surface area contributed by atoms with Crippen molar-refractivity contribution in [1.82, 2.24) is 4.57 Å². The molecule has 0 atom stereocenters. The molecule has 0 aliphatic carbocycles. The molecule has 0 aliphatic rings. The number of benzene rings is 1. The molecule has 1 heterocycles. The van der Waals surface area contributed by atoms with Crippen molar-refractivity contribution >= 4 is 10.9 Å². The molecule has 0 aliphatic heterocycles. The van der Waals surface area contributed by atoms with Crippen molar-refractivity contribution < 1.29 is 14.6 Å². The summed E-state index contributed by atoms with van der Waals surface area (Å²) in [4.78, 5) is 12.4. The highest BCUT2D eigenvalue weighted by Crippen LogP contribution is 2.33. The molecule has 1 N–H and O–H groups in total. The van der Waals surface area contributed by atoms with E-state index in [0.717, 1.165) is 5.57 Å². The zero-order chi connectivity index (χ0) is 15.6. The van der Waals surface area contributed by atoms with Crippen molar-refractivity contribution in [1.29, 1.82) is 0 Å². The van der Waals surface area contributed by atoms with E-state index in [-0.39, 0.29) is 17.1 Å². The highest BCUT2D eigenvalue weighted by Gasteiger charge is 2.17. The van der Waals surface area contributed by atoms with E-state index in [1.807, 2.05) is 19.9 Å². The lowest BCUT2D eigenvalue weighted by Crippen LogP contribution is -2.20. The van der Waals surface area contributed by atoms with Gasteiger partial charge in [0.1, 0.15) is 12.4 Å². The van der Waals surface area contributed by atoms with Crippen LogP contribution in [0.4, 0.5) is 0 Å². The highest BCUT2D eigenvalue weighted by molar-refractivity contribution is 5.88. The molecule has 0 amide bonds. The van der Waals surface area contributed by atoms with E-state index in [1.165, 1.54) is 17.7 Å². The molecule has 2 aromatic rings. The normalized spacial score (nSPS) is 10.5. The van der Waals surface area contributed by atoms with E-state index in [0.29, 0.717) is 23.3 Å². The topological polar surface area (TPSA) is 60.7 Å². The summed E-state index contributed by atoms with van der Waals surface area (Å²) in [5.41, 5.74) is 1.40. The highest BCUT2D eigenvalue weighted by atomic mass is 16.5. The van der Waals surface area contributed by atoms with Crippen LogP contribution in [0, 0.1) is 0 Å². The first-order valence-electron chi connectivity index (χ1n) is 6.61. The van der Waals surface area contributed by atoms with Gasteiger partial charge in [0.25, 0.3) is 5.56 Å². The van der Waals surface area contributed by atoms with Gasteiger partial charge in [-0.25, -0.2) is 0 Å². The number of aromatic hydroxyl groups is 1. The Balaban J connectivity index is 2.65. The van der Waals surface area contributed by atoms with Crippen LogP contribution in [0.5, 0.6) is 17.2 Å². The van der Waals surface area contributed by atoms with E-state index in [2.05, 4.69) is 0 Å². The van der Waals surface area contributed by atoms with E-state index in [4.69, 9.17) is 9.47 Å². The van der Waals surface area contributed by atoms with Crippen LogP contribution in [0.2, 0.25) is 0 Å². The minimum absolute atomic E-state index is 0.0952. The first-order chi connectivity index (χ1) is 9.95. The van der Waals surface area contributed by atoms with Gasteiger partial charge in [0.2, 0.25) is 5.75 Å². The average Bonchev–Trinajstić information content (AvgIpc) is 2.44. The van der Waals surface area contributed by atoms with E-state index >= 15 is 0 Å². The molecular weight excluding hydrogens is 270 g/mol. The molecule has 21 heavy (non-hydrogen) atoms. The summed E-state index contributed by atoms with van der Waals surface area (Å²) in [7, 11) is 3.13. The van der Waals surface area contributed by atoms with Gasteiger partial charge in [-0.1, -0.05) is 5.57 Å². The van der Waals surface area contributed by atoms with Crippen LogP contribution in [0.15, 0.2) is 34.6 Å². The van der Waals surface area contributed by atoms with Gasteiger partial charge in [-0.05, 0) is 32.1 Å². The second kappa shape index (κ2) is 5.91. The van der Waals surface area contributed by atoms with Gasteiger partial charge >= 0.3 is 0 Å². The zero-order valence-corrected chi connectivity index (χ0v) is 12.6. The standard InChI is InChI=1S/C16H19NO4/c1-10(2)7-8-21-15-14(20-4)12-6-5-11(18)9-13(12)17(3)16(15)19/h5-7,9,18H,8H2,1-4H3. The summed E-state index contributed by atoms with van der Waals surface area (Å²) in [6.07, 6.45) is 1.89. The molecule has 0 unspecified atom stereocenters. The molecule has 0 saturated heterocycles. The summed E-state index contributed by atoms with van der Waals surface area (Å²) in [6, 6.07) is 4.78. The largest absolute Gasteiger partial charge is 0.508 e. The van der Waals surface area contributed by atoms with Gasteiger partial charge in [-0.2, -0.15) is 0 Å². The predicted octanol–water partition coefficient (Wildman–Crippen LogP) is 2.60. The Morgan fingerprint density at radius 3 is 2.67 bits per heavy atom. The maximum atomic E-state index is 12.4. The SMILES string of the molecule is COc1c(OCC=C(C)C)c(=O)n(C)c2cc(O)ccc12. The van der Waals surface area contributed by atoms with Crippen molar-refractivity contribution in [3.05, 3.63) is 40.2 Å². The van der Waals surface area contributed by atoms with Crippen LogP contribution in [0.1, 0.15) is 13.8 Å². The van der Waals surface area contributed by atoms with Crippen molar-refractivity contribution in [3.63, 3.8) is 0 Å². The third kappa shape index (κ3) is 2.86. The summed E-state index contributed by atoms with van der Waals surface area (Å²) < 4.78 is 12.4. The Labute approximate surface area is 123 Å². The molecule has 5 nitrogen and oxygen atoms in total. The fraction of sp³-hybridized carbons (Fsp3) is 0.312. The van der Waals surface area contributed by atoms with Crippen LogP contribution in [-0.4, -0.2) is 23.4 Å². The van der Waals surface area contributed by atoms with Gasteiger partial charge < -0.3 is 19.1 Å². The second-order valence-corrected chi connectivity index (χ2v) is 5.02. The quantitative estimate of drug-likeness (QED) is 0.879. The van der Waals surface area contributed by atoms with Crippen LogP contribution < -0.4 is 15.0 Å². The van der Waals surface area contributed by atoms with Crippen LogP contribution in [0.25, 0.3) is 10.9 Å². The van der Waals surface area contributed by atoms with Crippen molar-refractivity contribution in [2.75, 3.05) is 13.7 Å². The van der Waals surface area contributed by atoms with Crippen LogP contribution >= 0.6 is 0 Å². The third-order valence-electron chi connectivity index (χ3n) is 3.22. The number of hydrogen-bond acceptors (Lipinski definition) is 4. The number of fused-ring (bicyclic) bond motifs is 1. The number of rotatable bonds is 4. The maximum absolute atomic E-state index is 12.4. The molecule has 1 aromatic carbocycles. The van der Waals surface area contributed by atoms with Gasteiger partial charge in [-0.3, -0.25) is 4.79 Å². The lowest BCUT2D eigenvalue weighted by atomic mass is 10.1. The van der Waals surface area contributed by atoms with Gasteiger partial charge in [0, 0.05) is 18.5 Å². The number of aromatic nitrogens is 1. The molecule has 2 rings (SSSR count). The summed E-state index contributed by atoms with van der Waals surface area (Å²) in [6.45, 7) is 4.22. The Morgan fingerprint density at radius 2 is 2.05 bits per heavy atom. The fourth-order valence-corrected chi connectivity index (χ4v) is 2.09.